The number of aromatic nitrogens is 1. The Morgan fingerprint density at radius 1 is 1.10 bits per heavy atom. The lowest BCUT2D eigenvalue weighted by Gasteiger charge is -2.30. The lowest BCUT2D eigenvalue weighted by molar-refractivity contribution is 0.0255. The molecular formula is C24H29N3O3. The van der Waals surface area contributed by atoms with Gasteiger partial charge in [0.1, 0.15) is 12.7 Å². The molecule has 1 aliphatic carbocycles. The van der Waals surface area contributed by atoms with Crippen LogP contribution < -0.4 is 0 Å². The number of nitrogens with one attached hydrogen (secondary N) is 1. The summed E-state index contributed by atoms with van der Waals surface area (Å²) >= 11 is 0. The van der Waals surface area contributed by atoms with Crippen LogP contribution in [0.15, 0.2) is 30.3 Å². The predicted octanol–water partition coefficient (Wildman–Crippen LogP) is 2.89. The number of aliphatic hydroxyl groups is 1. The van der Waals surface area contributed by atoms with Crippen LogP contribution in [-0.4, -0.2) is 58.3 Å². The summed E-state index contributed by atoms with van der Waals surface area (Å²) in [5.74, 6) is 0. The van der Waals surface area contributed by atoms with Gasteiger partial charge in [0, 0.05) is 44.1 Å². The fourth-order valence-corrected chi connectivity index (χ4v) is 4.91. The second-order valence-electron chi connectivity index (χ2n) is 8.57. The van der Waals surface area contributed by atoms with Gasteiger partial charge in [0.2, 0.25) is 0 Å². The van der Waals surface area contributed by atoms with Gasteiger partial charge < -0.3 is 19.7 Å². The number of allylic oxidation sites excluding steroid dienone is 1. The topological polar surface area (TPSA) is 68.8 Å². The quantitative estimate of drug-likeness (QED) is 0.818. The highest BCUT2D eigenvalue weighted by Gasteiger charge is 2.26. The van der Waals surface area contributed by atoms with E-state index < -0.39 is 6.10 Å². The molecule has 3 aliphatic rings. The third kappa shape index (κ3) is 3.89. The van der Waals surface area contributed by atoms with Crippen LogP contribution in [0.1, 0.15) is 40.1 Å². The zero-order valence-corrected chi connectivity index (χ0v) is 17.3. The van der Waals surface area contributed by atoms with E-state index in [1.54, 1.807) is 4.90 Å². The number of H-pyrrole nitrogens is 1. The first kappa shape index (κ1) is 19.4. The highest BCUT2D eigenvalue weighted by Crippen LogP contribution is 2.29. The number of benzene rings is 1. The minimum absolute atomic E-state index is 0.0320. The van der Waals surface area contributed by atoms with Crippen LogP contribution in [0.25, 0.3) is 6.08 Å². The van der Waals surface area contributed by atoms with Crippen LogP contribution in [0.3, 0.4) is 0 Å². The highest BCUT2D eigenvalue weighted by molar-refractivity contribution is 5.68. The number of amides is 1. The Bertz CT molecular complexity index is 965. The summed E-state index contributed by atoms with van der Waals surface area (Å²) in [5.41, 5.74) is 7.91. The number of aliphatic hydroxyl groups excluding tert-OH is 1. The Morgan fingerprint density at radius 3 is 2.87 bits per heavy atom. The summed E-state index contributed by atoms with van der Waals surface area (Å²) in [4.78, 5) is 20.0. The normalized spacial score (nSPS) is 19.0. The first-order valence-electron chi connectivity index (χ1n) is 11.0. The maximum Gasteiger partial charge on any atom is 0.410 e. The number of hydrogen-bond donors (Lipinski definition) is 2. The number of rotatable bonds is 4. The van der Waals surface area contributed by atoms with E-state index in [2.05, 4.69) is 34.2 Å². The van der Waals surface area contributed by atoms with Gasteiger partial charge in [-0.05, 0) is 47.9 Å². The van der Waals surface area contributed by atoms with Crippen LogP contribution >= 0.6 is 0 Å². The molecule has 1 atom stereocenters. The third-order valence-electron chi connectivity index (χ3n) is 6.48. The summed E-state index contributed by atoms with van der Waals surface area (Å²) in [6, 6.07) is 8.20. The molecule has 0 radical (unpaired) electrons. The fraction of sp³-hybridized carbons (Fsp3) is 0.458. The third-order valence-corrected chi connectivity index (χ3v) is 6.48. The molecule has 2 aromatic rings. The molecule has 5 rings (SSSR count). The van der Waals surface area contributed by atoms with Gasteiger partial charge in [0.05, 0.1) is 0 Å². The molecule has 2 N–H and O–H groups in total. The number of aryl methyl sites for hydroxylation is 1. The standard InChI is InChI=1S/C24H29N3O3/c28-19(16-30-24(29)27-12-9-17-5-1-2-6-18(17)13-27)14-26-11-10-21-20-7-3-4-8-22(20)25-23(21)15-26/h1-3,5-7,19,25,28H,4,8-16H2. The monoisotopic (exact) mass is 407 g/mol. The first-order chi connectivity index (χ1) is 14.7. The average molecular weight is 408 g/mol. The maximum absolute atomic E-state index is 12.4. The van der Waals surface area contributed by atoms with E-state index in [0.717, 1.165) is 38.8 Å². The minimum atomic E-state index is -0.683. The Kier molecular flexibility index (Phi) is 5.35. The molecule has 1 aromatic heterocycles. The highest BCUT2D eigenvalue weighted by atomic mass is 16.6. The van der Waals surface area contributed by atoms with Crippen molar-refractivity contribution >= 4 is 12.2 Å². The van der Waals surface area contributed by atoms with Crippen molar-refractivity contribution in [3.8, 4) is 0 Å². The lowest BCUT2D eigenvalue weighted by Crippen LogP contribution is -2.41. The van der Waals surface area contributed by atoms with Gasteiger partial charge in [-0.2, -0.15) is 0 Å². The molecule has 0 saturated carbocycles. The van der Waals surface area contributed by atoms with E-state index in [4.69, 9.17) is 4.74 Å². The fourth-order valence-electron chi connectivity index (χ4n) is 4.91. The van der Waals surface area contributed by atoms with Gasteiger partial charge >= 0.3 is 6.09 Å². The average Bonchev–Trinajstić information content (AvgIpc) is 3.15. The van der Waals surface area contributed by atoms with E-state index in [-0.39, 0.29) is 12.7 Å². The molecule has 3 heterocycles. The lowest BCUT2D eigenvalue weighted by atomic mass is 9.97. The number of aromatic amines is 1. The van der Waals surface area contributed by atoms with Crippen molar-refractivity contribution in [2.24, 2.45) is 0 Å². The molecule has 1 aromatic carbocycles. The molecule has 0 bridgehead atoms. The number of β-amino-alcohol motifs (C(OH)–C–C–N with tert-alkyl or cyclic N) is 1. The van der Waals surface area contributed by atoms with Gasteiger partial charge in [-0.25, -0.2) is 4.79 Å². The largest absolute Gasteiger partial charge is 0.447 e. The minimum Gasteiger partial charge on any atom is -0.447 e. The zero-order chi connectivity index (χ0) is 20.5. The van der Waals surface area contributed by atoms with E-state index in [1.807, 2.05) is 12.1 Å². The maximum atomic E-state index is 12.4. The van der Waals surface area contributed by atoms with Crippen LogP contribution in [0.5, 0.6) is 0 Å². The number of ether oxygens (including phenoxy) is 1. The van der Waals surface area contributed by atoms with Gasteiger partial charge in [-0.1, -0.05) is 36.4 Å². The second kappa shape index (κ2) is 8.28. The van der Waals surface area contributed by atoms with Crippen molar-refractivity contribution in [1.82, 2.24) is 14.8 Å². The molecule has 0 fully saturated rings. The Labute approximate surface area is 177 Å². The predicted molar refractivity (Wildman–Crippen MR) is 115 cm³/mol. The van der Waals surface area contributed by atoms with Gasteiger partial charge in [-0.3, -0.25) is 4.90 Å². The molecule has 158 valence electrons. The van der Waals surface area contributed by atoms with Gasteiger partial charge in [0.15, 0.2) is 0 Å². The molecule has 6 heteroatoms. The molecule has 6 nitrogen and oxygen atoms in total. The number of hydrogen-bond acceptors (Lipinski definition) is 4. The molecular weight excluding hydrogens is 378 g/mol. The Hall–Kier alpha value is -2.57. The SMILES string of the molecule is O=C(OCC(O)CN1CCc2c([nH]c3c2C=CCC3)C1)N1CCc2ccccc2C1. The van der Waals surface area contributed by atoms with Gasteiger partial charge in [-0.15, -0.1) is 0 Å². The zero-order valence-electron chi connectivity index (χ0n) is 17.3. The number of fused-ring (bicyclic) bond motifs is 4. The summed E-state index contributed by atoms with van der Waals surface area (Å²) in [6.45, 7) is 3.50. The van der Waals surface area contributed by atoms with Crippen molar-refractivity contribution in [1.29, 1.82) is 0 Å². The van der Waals surface area contributed by atoms with E-state index >= 15 is 0 Å². The van der Waals surface area contributed by atoms with Gasteiger partial charge in [0.25, 0.3) is 0 Å². The van der Waals surface area contributed by atoms with E-state index in [0.29, 0.717) is 19.6 Å². The summed E-state index contributed by atoms with van der Waals surface area (Å²) in [6.07, 6.45) is 7.50. The first-order valence-corrected chi connectivity index (χ1v) is 11.0. The smallest absolute Gasteiger partial charge is 0.410 e. The molecule has 30 heavy (non-hydrogen) atoms. The summed E-state index contributed by atoms with van der Waals surface area (Å²) in [7, 11) is 0. The van der Waals surface area contributed by atoms with Crippen LogP contribution in [-0.2, 0) is 37.1 Å². The van der Waals surface area contributed by atoms with Crippen molar-refractivity contribution in [3.05, 3.63) is 64.0 Å². The molecule has 1 unspecified atom stereocenters. The second-order valence-corrected chi connectivity index (χ2v) is 8.57. The van der Waals surface area contributed by atoms with Crippen LogP contribution in [0.2, 0.25) is 0 Å². The van der Waals surface area contributed by atoms with Crippen molar-refractivity contribution in [2.75, 3.05) is 26.2 Å². The van der Waals surface area contributed by atoms with Crippen LogP contribution in [0.4, 0.5) is 4.79 Å². The molecule has 1 amide bonds. The summed E-state index contributed by atoms with van der Waals surface area (Å²) < 4.78 is 5.43. The Morgan fingerprint density at radius 2 is 1.97 bits per heavy atom. The summed E-state index contributed by atoms with van der Waals surface area (Å²) in [5, 5.41) is 10.5. The number of carbonyl (C=O) groups excluding carboxylic acids is 1. The van der Waals surface area contributed by atoms with Crippen molar-refractivity contribution < 1.29 is 14.6 Å². The van der Waals surface area contributed by atoms with Crippen molar-refractivity contribution in [2.45, 2.75) is 44.9 Å². The van der Waals surface area contributed by atoms with E-state index in [1.165, 1.54) is 33.6 Å². The van der Waals surface area contributed by atoms with Crippen LogP contribution in [0, 0.1) is 0 Å². The number of nitrogens with zero attached hydrogens (tertiary/aromatic N) is 2. The van der Waals surface area contributed by atoms with Crippen molar-refractivity contribution in [3.63, 3.8) is 0 Å². The Balaban J connectivity index is 1.11. The molecule has 0 spiro atoms. The molecule has 2 aliphatic heterocycles. The molecule has 0 saturated heterocycles. The number of carbonyl (C=O) groups is 1. The van der Waals surface area contributed by atoms with E-state index in [9.17, 15) is 9.90 Å².